The summed E-state index contributed by atoms with van der Waals surface area (Å²) >= 11 is 0. The predicted molar refractivity (Wildman–Crippen MR) is 129 cm³/mol. The number of benzene rings is 2. The molecule has 33 heavy (non-hydrogen) atoms. The SMILES string of the molecule is Cc1ccc(C2C3=C(CC(C)(C)CC3=O)Nc3c(C(=O)Nc4ccccc4C)cnn32)cc1. The number of amides is 1. The number of fused-ring (bicyclic) bond motifs is 1. The Morgan fingerprint density at radius 1 is 1.09 bits per heavy atom. The van der Waals surface area contributed by atoms with Gasteiger partial charge in [-0.15, -0.1) is 0 Å². The molecule has 168 valence electrons. The van der Waals surface area contributed by atoms with Gasteiger partial charge >= 0.3 is 0 Å². The Hall–Kier alpha value is -3.67. The highest BCUT2D eigenvalue weighted by molar-refractivity contribution is 6.08. The fourth-order valence-electron chi connectivity index (χ4n) is 4.84. The van der Waals surface area contributed by atoms with Crippen molar-refractivity contribution in [2.75, 3.05) is 10.6 Å². The average molecular weight is 441 g/mol. The maximum Gasteiger partial charge on any atom is 0.261 e. The van der Waals surface area contributed by atoms with E-state index in [1.807, 2.05) is 62.4 Å². The second-order valence-electron chi connectivity index (χ2n) is 9.89. The minimum atomic E-state index is -0.361. The van der Waals surface area contributed by atoms with E-state index in [2.05, 4.69) is 29.6 Å². The molecule has 2 aliphatic rings. The van der Waals surface area contributed by atoms with Crippen LogP contribution in [0.2, 0.25) is 0 Å². The Labute approximate surface area is 193 Å². The number of nitrogens with zero attached hydrogens (tertiary/aromatic N) is 2. The highest BCUT2D eigenvalue weighted by atomic mass is 16.1. The van der Waals surface area contributed by atoms with Gasteiger partial charge in [0.1, 0.15) is 17.4 Å². The number of carbonyl (C=O) groups is 2. The lowest BCUT2D eigenvalue weighted by atomic mass is 9.73. The topological polar surface area (TPSA) is 76.0 Å². The minimum Gasteiger partial charge on any atom is -0.343 e. The van der Waals surface area contributed by atoms with Crippen LogP contribution < -0.4 is 10.6 Å². The van der Waals surface area contributed by atoms with E-state index >= 15 is 0 Å². The predicted octanol–water partition coefficient (Wildman–Crippen LogP) is 5.41. The summed E-state index contributed by atoms with van der Waals surface area (Å²) < 4.78 is 1.78. The maximum atomic E-state index is 13.3. The first-order valence-electron chi connectivity index (χ1n) is 11.3. The molecule has 0 radical (unpaired) electrons. The van der Waals surface area contributed by atoms with Gasteiger partial charge < -0.3 is 10.6 Å². The van der Waals surface area contributed by atoms with Crippen molar-refractivity contribution in [2.45, 2.75) is 46.6 Å². The van der Waals surface area contributed by atoms with Crippen LogP contribution in [-0.4, -0.2) is 21.5 Å². The third kappa shape index (κ3) is 3.75. The lowest BCUT2D eigenvalue weighted by Gasteiger charge is -2.39. The molecule has 2 N–H and O–H groups in total. The Balaban J connectivity index is 1.60. The van der Waals surface area contributed by atoms with Crippen LogP contribution in [0.5, 0.6) is 0 Å². The number of ketones is 1. The van der Waals surface area contributed by atoms with Gasteiger partial charge in [0.15, 0.2) is 5.78 Å². The van der Waals surface area contributed by atoms with Gasteiger partial charge in [0.2, 0.25) is 0 Å². The number of hydrogen-bond acceptors (Lipinski definition) is 4. The lowest BCUT2D eigenvalue weighted by Crippen LogP contribution is -2.37. The van der Waals surface area contributed by atoms with E-state index in [4.69, 9.17) is 0 Å². The number of Topliss-reactive ketones (excluding diaryl/α,β-unsaturated/α-hetero) is 1. The third-order valence-electron chi connectivity index (χ3n) is 6.53. The summed E-state index contributed by atoms with van der Waals surface area (Å²) in [5.41, 5.74) is 5.84. The Kier molecular flexibility index (Phi) is 4.96. The molecule has 6 nitrogen and oxygen atoms in total. The maximum absolute atomic E-state index is 13.3. The Morgan fingerprint density at radius 3 is 2.55 bits per heavy atom. The zero-order valence-corrected chi connectivity index (χ0v) is 19.4. The number of anilines is 2. The van der Waals surface area contributed by atoms with Crippen LogP contribution >= 0.6 is 0 Å². The molecular weight excluding hydrogens is 412 g/mol. The molecule has 1 amide bonds. The summed E-state index contributed by atoms with van der Waals surface area (Å²) in [6, 6.07) is 15.5. The van der Waals surface area contributed by atoms with Crippen LogP contribution in [0.4, 0.5) is 11.5 Å². The molecule has 6 heteroatoms. The summed E-state index contributed by atoms with van der Waals surface area (Å²) in [5, 5.41) is 11.0. The van der Waals surface area contributed by atoms with Gasteiger partial charge in [-0.25, -0.2) is 4.68 Å². The quantitative estimate of drug-likeness (QED) is 0.571. The first kappa shape index (κ1) is 21.2. The molecular formula is C27H28N4O2. The molecule has 0 saturated carbocycles. The summed E-state index contributed by atoms with van der Waals surface area (Å²) in [7, 11) is 0. The van der Waals surface area contributed by atoms with Gasteiger partial charge in [-0.05, 0) is 42.9 Å². The van der Waals surface area contributed by atoms with Gasteiger partial charge in [-0.1, -0.05) is 61.9 Å². The fourth-order valence-corrected chi connectivity index (χ4v) is 4.84. The van der Waals surface area contributed by atoms with Crippen molar-refractivity contribution in [1.82, 2.24) is 9.78 Å². The second kappa shape index (κ2) is 7.73. The first-order valence-corrected chi connectivity index (χ1v) is 11.3. The lowest BCUT2D eigenvalue weighted by molar-refractivity contribution is -0.118. The van der Waals surface area contributed by atoms with Crippen molar-refractivity contribution in [3.63, 3.8) is 0 Å². The number of aromatic nitrogens is 2. The van der Waals surface area contributed by atoms with Gasteiger partial charge in [0.25, 0.3) is 5.91 Å². The van der Waals surface area contributed by atoms with E-state index < -0.39 is 0 Å². The smallest absolute Gasteiger partial charge is 0.261 e. The molecule has 0 fully saturated rings. The molecule has 2 heterocycles. The molecule has 0 spiro atoms. The summed E-state index contributed by atoms with van der Waals surface area (Å²) in [6.07, 6.45) is 2.82. The monoisotopic (exact) mass is 440 g/mol. The number of aryl methyl sites for hydroxylation is 2. The number of rotatable bonds is 3. The summed E-state index contributed by atoms with van der Waals surface area (Å²) in [4.78, 5) is 26.6. The molecule has 3 aromatic rings. The number of allylic oxidation sites excluding steroid dienone is 2. The van der Waals surface area contributed by atoms with E-state index in [-0.39, 0.29) is 23.1 Å². The van der Waals surface area contributed by atoms with Crippen molar-refractivity contribution in [3.8, 4) is 0 Å². The zero-order valence-electron chi connectivity index (χ0n) is 19.4. The molecule has 1 atom stereocenters. The van der Waals surface area contributed by atoms with Crippen molar-refractivity contribution in [3.05, 3.63) is 88.3 Å². The van der Waals surface area contributed by atoms with E-state index in [1.165, 1.54) is 0 Å². The molecule has 5 rings (SSSR count). The van der Waals surface area contributed by atoms with E-state index in [9.17, 15) is 9.59 Å². The largest absolute Gasteiger partial charge is 0.343 e. The number of carbonyl (C=O) groups excluding carboxylic acids is 2. The fraction of sp³-hybridized carbons (Fsp3) is 0.296. The zero-order chi connectivity index (χ0) is 23.3. The summed E-state index contributed by atoms with van der Waals surface area (Å²) in [5.74, 6) is 0.522. The van der Waals surface area contributed by atoms with E-state index in [0.717, 1.165) is 40.1 Å². The number of hydrogen-bond donors (Lipinski definition) is 2. The van der Waals surface area contributed by atoms with Crippen LogP contribution in [0.3, 0.4) is 0 Å². The van der Waals surface area contributed by atoms with Gasteiger partial charge in [-0.2, -0.15) is 5.10 Å². The highest BCUT2D eigenvalue weighted by Crippen LogP contribution is 2.46. The van der Waals surface area contributed by atoms with Crippen molar-refractivity contribution in [2.24, 2.45) is 5.41 Å². The number of nitrogens with one attached hydrogen (secondary N) is 2. The van der Waals surface area contributed by atoms with Gasteiger partial charge in [0.05, 0.1) is 6.20 Å². The van der Waals surface area contributed by atoms with Crippen LogP contribution in [0, 0.1) is 19.3 Å². The normalized spacial score (nSPS) is 18.9. The van der Waals surface area contributed by atoms with E-state index in [1.54, 1.807) is 10.9 Å². The number of para-hydroxylation sites is 1. The Bertz CT molecular complexity index is 1300. The molecule has 1 aliphatic carbocycles. The standard InChI is InChI=1S/C27H28N4O2/c1-16-9-11-18(12-10-16)24-23-21(13-27(3,4)14-22(23)32)29-25-19(15-28-31(24)25)26(33)30-20-8-6-5-7-17(20)2/h5-12,15,24,29H,13-14H2,1-4H3,(H,30,33). The summed E-state index contributed by atoms with van der Waals surface area (Å²) in [6.45, 7) is 8.21. The van der Waals surface area contributed by atoms with Crippen molar-refractivity contribution < 1.29 is 9.59 Å². The van der Waals surface area contributed by atoms with Crippen molar-refractivity contribution >= 4 is 23.2 Å². The first-order chi connectivity index (χ1) is 15.7. The van der Waals surface area contributed by atoms with Crippen LogP contribution in [0.25, 0.3) is 0 Å². The molecule has 2 aromatic carbocycles. The third-order valence-corrected chi connectivity index (χ3v) is 6.53. The molecule has 1 aromatic heterocycles. The average Bonchev–Trinajstić information content (AvgIpc) is 3.17. The van der Waals surface area contributed by atoms with Gasteiger partial charge in [0, 0.05) is 23.4 Å². The molecule has 1 aliphatic heterocycles. The second-order valence-corrected chi connectivity index (χ2v) is 9.89. The van der Waals surface area contributed by atoms with Crippen LogP contribution in [-0.2, 0) is 4.79 Å². The minimum absolute atomic E-state index is 0.131. The van der Waals surface area contributed by atoms with Gasteiger partial charge in [-0.3, -0.25) is 9.59 Å². The van der Waals surface area contributed by atoms with Crippen LogP contribution in [0.15, 0.2) is 66.0 Å². The van der Waals surface area contributed by atoms with Crippen LogP contribution in [0.1, 0.15) is 59.8 Å². The van der Waals surface area contributed by atoms with E-state index in [0.29, 0.717) is 17.8 Å². The highest BCUT2D eigenvalue weighted by Gasteiger charge is 2.42. The molecule has 0 saturated heterocycles. The van der Waals surface area contributed by atoms with Crippen molar-refractivity contribution in [1.29, 1.82) is 0 Å². The molecule has 0 bridgehead atoms. The Morgan fingerprint density at radius 2 is 1.82 bits per heavy atom. The molecule has 1 unspecified atom stereocenters.